The molecule has 1 atom stereocenters. The second kappa shape index (κ2) is 7.49. The van der Waals surface area contributed by atoms with Crippen molar-refractivity contribution in [1.29, 1.82) is 0 Å². The molecule has 26 heavy (non-hydrogen) atoms. The Morgan fingerprint density at radius 2 is 2.23 bits per heavy atom. The highest BCUT2D eigenvalue weighted by atomic mass is 19.1. The van der Waals surface area contributed by atoms with Crippen LogP contribution in [0.5, 0.6) is 0 Å². The van der Waals surface area contributed by atoms with Crippen LogP contribution in [-0.2, 0) is 9.47 Å². The quantitative estimate of drug-likeness (QED) is 0.459. The minimum absolute atomic E-state index is 0.000682. The van der Waals surface area contributed by atoms with Gasteiger partial charge in [0, 0.05) is 12.0 Å². The average Bonchev–Trinajstić information content (AvgIpc) is 2.91. The molecule has 1 saturated heterocycles. The predicted molar refractivity (Wildman–Crippen MR) is 92.7 cm³/mol. The molecule has 1 fully saturated rings. The van der Waals surface area contributed by atoms with Crippen molar-refractivity contribution >= 4 is 23.6 Å². The van der Waals surface area contributed by atoms with Crippen LogP contribution in [-0.4, -0.2) is 44.0 Å². The first-order chi connectivity index (χ1) is 12.1. The van der Waals surface area contributed by atoms with Crippen molar-refractivity contribution in [2.75, 3.05) is 29.9 Å². The number of rotatable bonds is 4. The third kappa shape index (κ3) is 4.54. The van der Waals surface area contributed by atoms with Gasteiger partial charge in [0.05, 0.1) is 24.5 Å². The standard InChI is InChI=1S/C16H20FN5O4/c1-16(2,3)26-14(23)21(4)13-6-5-10(7-12(13)17)22-9-11(8-19-20-18)25-15(22)24/h5-7,11H,8-9H2,1-4H3/t11-/m1/s1. The van der Waals surface area contributed by atoms with Gasteiger partial charge in [-0.15, -0.1) is 0 Å². The first kappa shape index (κ1) is 19.3. The van der Waals surface area contributed by atoms with Crippen LogP contribution in [0.3, 0.4) is 0 Å². The molecule has 1 aliphatic heterocycles. The number of anilines is 2. The lowest BCUT2D eigenvalue weighted by Gasteiger charge is -2.25. The fourth-order valence-corrected chi connectivity index (χ4v) is 2.32. The first-order valence-electron chi connectivity index (χ1n) is 7.87. The molecule has 0 spiro atoms. The molecule has 0 aliphatic carbocycles. The van der Waals surface area contributed by atoms with E-state index in [1.54, 1.807) is 20.8 Å². The average molecular weight is 365 g/mol. The Hall–Kier alpha value is -3.00. The molecule has 0 radical (unpaired) electrons. The second-order valence-electron chi connectivity index (χ2n) is 6.70. The molecule has 1 heterocycles. The summed E-state index contributed by atoms with van der Waals surface area (Å²) >= 11 is 0. The highest BCUT2D eigenvalue weighted by Gasteiger charge is 2.32. The highest BCUT2D eigenvalue weighted by Crippen LogP contribution is 2.28. The Morgan fingerprint density at radius 3 is 2.81 bits per heavy atom. The zero-order valence-electron chi connectivity index (χ0n) is 15.0. The van der Waals surface area contributed by atoms with Crippen LogP contribution in [0.25, 0.3) is 10.4 Å². The molecule has 0 bridgehead atoms. The van der Waals surface area contributed by atoms with Gasteiger partial charge in [0.1, 0.15) is 17.5 Å². The molecule has 10 heteroatoms. The van der Waals surface area contributed by atoms with Gasteiger partial charge >= 0.3 is 12.2 Å². The summed E-state index contributed by atoms with van der Waals surface area (Å²) < 4.78 is 24.7. The smallest absolute Gasteiger partial charge is 0.414 e. The lowest BCUT2D eigenvalue weighted by Crippen LogP contribution is -2.34. The maximum absolute atomic E-state index is 14.5. The highest BCUT2D eigenvalue weighted by molar-refractivity contribution is 5.91. The minimum atomic E-state index is -0.706. The normalized spacial score (nSPS) is 16.7. The summed E-state index contributed by atoms with van der Waals surface area (Å²) in [5.74, 6) is -0.692. The van der Waals surface area contributed by atoms with Gasteiger partial charge < -0.3 is 9.47 Å². The zero-order valence-corrected chi connectivity index (χ0v) is 15.0. The lowest BCUT2D eigenvalue weighted by molar-refractivity contribution is 0.0588. The molecule has 9 nitrogen and oxygen atoms in total. The summed E-state index contributed by atoms with van der Waals surface area (Å²) in [7, 11) is 1.40. The fraction of sp³-hybridized carbons (Fsp3) is 0.500. The molecule has 1 aliphatic rings. The lowest BCUT2D eigenvalue weighted by atomic mass is 10.2. The molecule has 1 aromatic carbocycles. The van der Waals surface area contributed by atoms with Gasteiger partial charge in [-0.1, -0.05) is 5.11 Å². The van der Waals surface area contributed by atoms with Gasteiger partial charge in [-0.3, -0.25) is 9.80 Å². The number of halogens is 1. The molecular weight excluding hydrogens is 345 g/mol. The van der Waals surface area contributed by atoms with E-state index in [0.29, 0.717) is 0 Å². The minimum Gasteiger partial charge on any atom is -0.444 e. The van der Waals surface area contributed by atoms with Crippen molar-refractivity contribution < 1.29 is 23.5 Å². The topological polar surface area (TPSA) is 108 Å². The SMILES string of the molecule is CN(C(=O)OC(C)(C)C)c1ccc(N2C[C@@H](CN=[N+]=[N-])OC2=O)cc1F. The molecule has 0 saturated carbocycles. The van der Waals surface area contributed by atoms with Crippen LogP contribution < -0.4 is 9.80 Å². The number of hydrogen-bond acceptors (Lipinski definition) is 5. The van der Waals surface area contributed by atoms with E-state index in [9.17, 15) is 14.0 Å². The predicted octanol–water partition coefficient (Wildman–Crippen LogP) is 3.83. The Balaban J connectivity index is 2.15. The van der Waals surface area contributed by atoms with Crippen molar-refractivity contribution in [3.63, 3.8) is 0 Å². The molecule has 2 rings (SSSR count). The van der Waals surface area contributed by atoms with Crippen molar-refractivity contribution in [2.45, 2.75) is 32.5 Å². The van der Waals surface area contributed by atoms with E-state index in [0.717, 1.165) is 11.0 Å². The van der Waals surface area contributed by atoms with Crippen LogP contribution in [0.15, 0.2) is 23.3 Å². The Kier molecular flexibility index (Phi) is 5.56. The maximum atomic E-state index is 14.5. The summed E-state index contributed by atoms with van der Waals surface area (Å²) in [5.41, 5.74) is 7.91. The number of hydrogen-bond donors (Lipinski definition) is 0. The van der Waals surface area contributed by atoms with E-state index in [4.69, 9.17) is 15.0 Å². The van der Waals surface area contributed by atoms with Crippen LogP contribution >= 0.6 is 0 Å². The Bertz CT molecular complexity index is 757. The van der Waals surface area contributed by atoms with Crippen LogP contribution in [0.4, 0.5) is 25.4 Å². The number of ether oxygens (including phenoxy) is 2. The molecule has 0 unspecified atom stereocenters. The van der Waals surface area contributed by atoms with Gasteiger partial charge in [0.2, 0.25) is 0 Å². The second-order valence-corrected chi connectivity index (χ2v) is 6.70. The van der Waals surface area contributed by atoms with Gasteiger partial charge in [0.15, 0.2) is 0 Å². The van der Waals surface area contributed by atoms with Crippen LogP contribution in [0.2, 0.25) is 0 Å². The molecule has 2 amide bonds. The summed E-state index contributed by atoms with van der Waals surface area (Å²) in [6, 6.07) is 4.01. The van der Waals surface area contributed by atoms with E-state index in [1.807, 2.05) is 0 Å². The van der Waals surface area contributed by atoms with E-state index >= 15 is 0 Å². The van der Waals surface area contributed by atoms with E-state index in [1.165, 1.54) is 24.1 Å². The molecule has 1 aromatic rings. The van der Waals surface area contributed by atoms with Gasteiger partial charge in [0.25, 0.3) is 0 Å². The summed E-state index contributed by atoms with van der Waals surface area (Å²) in [6.45, 7) is 5.27. The molecule has 0 aromatic heterocycles. The number of carbonyl (C=O) groups excluding carboxylic acids is 2. The number of benzene rings is 1. The van der Waals surface area contributed by atoms with E-state index < -0.39 is 29.7 Å². The summed E-state index contributed by atoms with van der Waals surface area (Å²) in [4.78, 5) is 28.9. The fourth-order valence-electron chi connectivity index (χ4n) is 2.32. The molecular formula is C16H20FN5O4. The van der Waals surface area contributed by atoms with Gasteiger partial charge in [-0.05, 0) is 44.5 Å². The van der Waals surface area contributed by atoms with Gasteiger partial charge in [-0.25, -0.2) is 14.0 Å². The number of cyclic esters (lactones) is 1. The number of amides is 2. The van der Waals surface area contributed by atoms with Crippen LogP contribution in [0.1, 0.15) is 20.8 Å². The maximum Gasteiger partial charge on any atom is 0.414 e. The summed E-state index contributed by atoms with van der Waals surface area (Å²) in [6.07, 6.45) is -1.94. The zero-order chi connectivity index (χ0) is 19.5. The molecule has 0 N–H and O–H groups in total. The third-order valence-corrected chi connectivity index (χ3v) is 3.49. The van der Waals surface area contributed by atoms with E-state index in [-0.39, 0.29) is 24.5 Å². The number of azide groups is 1. The van der Waals surface area contributed by atoms with E-state index in [2.05, 4.69) is 10.0 Å². The van der Waals surface area contributed by atoms with Crippen molar-refractivity contribution in [3.8, 4) is 0 Å². The van der Waals surface area contributed by atoms with Crippen molar-refractivity contribution in [2.24, 2.45) is 5.11 Å². The monoisotopic (exact) mass is 365 g/mol. The van der Waals surface area contributed by atoms with Gasteiger partial charge in [-0.2, -0.15) is 0 Å². The first-order valence-corrected chi connectivity index (χ1v) is 7.87. The Morgan fingerprint density at radius 1 is 1.54 bits per heavy atom. The third-order valence-electron chi connectivity index (χ3n) is 3.49. The Labute approximate surface area is 149 Å². The van der Waals surface area contributed by atoms with Crippen LogP contribution in [0, 0.1) is 5.82 Å². The molecule has 140 valence electrons. The van der Waals surface area contributed by atoms with Crippen molar-refractivity contribution in [1.82, 2.24) is 0 Å². The van der Waals surface area contributed by atoms with Crippen molar-refractivity contribution in [3.05, 3.63) is 34.5 Å². The number of nitrogens with zero attached hydrogens (tertiary/aromatic N) is 5. The number of carbonyl (C=O) groups is 2. The summed E-state index contributed by atoms with van der Waals surface area (Å²) in [5, 5.41) is 3.36. The largest absolute Gasteiger partial charge is 0.444 e.